The molecule has 2 aromatic heterocycles. The number of hydrogen-bond acceptors (Lipinski definition) is 7. The van der Waals surface area contributed by atoms with E-state index >= 15 is 0 Å². The Morgan fingerprint density at radius 2 is 2.38 bits per heavy atom. The highest BCUT2D eigenvalue weighted by molar-refractivity contribution is 7.98. The van der Waals surface area contributed by atoms with Crippen LogP contribution in [0.5, 0.6) is 0 Å². The van der Waals surface area contributed by atoms with Crippen LogP contribution in [0.4, 0.5) is 5.82 Å². The number of thioether (sulfide) groups is 1. The molecule has 0 radical (unpaired) electrons. The highest BCUT2D eigenvalue weighted by atomic mass is 32.2. The Bertz CT molecular complexity index is 713. The molecule has 2 aromatic rings. The Morgan fingerprint density at radius 1 is 1.50 bits per heavy atom. The topological polar surface area (TPSA) is 76.1 Å². The maximum Gasteiger partial charge on any atom is 0.261 e. The number of thiophene rings is 1. The zero-order valence-corrected chi connectivity index (χ0v) is 15.6. The molecule has 1 atom stereocenters. The molecular formula is C16H22N4O2S2. The number of aromatic nitrogens is 2. The van der Waals surface area contributed by atoms with Crippen LogP contribution in [0, 0.1) is 6.92 Å². The Labute approximate surface area is 149 Å². The number of amides is 1. The predicted molar refractivity (Wildman–Crippen MR) is 100 cm³/mol. The van der Waals surface area contributed by atoms with Crippen LogP contribution in [0.1, 0.15) is 28.1 Å². The van der Waals surface area contributed by atoms with Gasteiger partial charge in [-0.1, -0.05) is 0 Å². The summed E-state index contributed by atoms with van der Waals surface area (Å²) in [6, 6.07) is 0. The van der Waals surface area contributed by atoms with Crippen molar-refractivity contribution in [2.75, 3.05) is 37.0 Å². The summed E-state index contributed by atoms with van der Waals surface area (Å²) in [6.07, 6.45) is 6.00. The Hall–Kier alpha value is -1.38. The zero-order chi connectivity index (χ0) is 16.9. The van der Waals surface area contributed by atoms with Crippen molar-refractivity contribution >= 4 is 45.0 Å². The Kier molecular flexibility index (Phi) is 5.91. The lowest BCUT2D eigenvalue weighted by Crippen LogP contribution is -2.25. The number of aryl methyl sites for hydroxylation is 1. The van der Waals surface area contributed by atoms with E-state index in [0.29, 0.717) is 11.4 Å². The number of nitrogens with one attached hydrogen (secondary N) is 2. The second-order valence-corrected chi connectivity index (χ2v) is 7.71. The maximum absolute atomic E-state index is 12.4. The van der Waals surface area contributed by atoms with Crippen molar-refractivity contribution < 1.29 is 9.53 Å². The largest absolute Gasteiger partial charge is 0.376 e. The first-order chi connectivity index (χ1) is 11.7. The second-order valence-electron chi connectivity index (χ2n) is 5.72. The number of nitrogens with zero attached hydrogens (tertiary/aromatic N) is 2. The first-order valence-electron chi connectivity index (χ1n) is 8.07. The molecule has 0 spiro atoms. The van der Waals surface area contributed by atoms with Crippen LogP contribution in [-0.2, 0) is 4.74 Å². The van der Waals surface area contributed by atoms with E-state index < -0.39 is 0 Å². The van der Waals surface area contributed by atoms with Crippen molar-refractivity contribution in [1.82, 2.24) is 15.3 Å². The van der Waals surface area contributed by atoms with E-state index in [-0.39, 0.29) is 12.0 Å². The monoisotopic (exact) mass is 366 g/mol. The van der Waals surface area contributed by atoms with Gasteiger partial charge in [0.25, 0.3) is 5.91 Å². The summed E-state index contributed by atoms with van der Waals surface area (Å²) >= 11 is 3.13. The molecule has 8 heteroatoms. The minimum Gasteiger partial charge on any atom is -0.376 e. The van der Waals surface area contributed by atoms with Gasteiger partial charge in [0.2, 0.25) is 0 Å². The minimum absolute atomic E-state index is 0.0328. The Balaban J connectivity index is 1.79. The number of anilines is 1. The minimum atomic E-state index is -0.0328. The van der Waals surface area contributed by atoms with Crippen molar-refractivity contribution in [3.8, 4) is 0 Å². The molecule has 0 bridgehead atoms. The molecule has 1 fully saturated rings. The number of carbonyl (C=O) groups excluding carboxylic acids is 1. The lowest BCUT2D eigenvalue weighted by Gasteiger charge is -2.12. The number of ether oxygens (including phenoxy) is 1. The zero-order valence-electron chi connectivity index (χ0n) is 13.9. The van der Waals surface area contributed by atoms with Gasteiger partial charge in [-0.15, -0.1) is 11.3 Å². The molecule has 1 amide bonds. The quantitative estimate of drug-likeness (QED) is 0.734. The van der Waals surface area contributed by atoms with Gasteiger partial charge >= 0.3 is 0 Å². The lowest BCUT2D eigenvalue weighted by atomic mass is 10.2. The highest BCUT2D eigenvalue weighted by Crippen LogP contribution is 2.33. The van der Waals surface area contributed by atoms with Crippen molar-refractivity contribution in [3.05, 3.63) is 16.8 Å². The van der Waals surface area contributed by atoms with E-state index in [4.69, 9.17) is 4.74 Å². The van der Waals surface area contributed by atoms with Gasteiger partial charge in [0.15, 0.2) is 0 Å². The average molecular weight is 367 g/mol. The third-order valence-corrected chi connectivity index (χ3v) is 5.86. The lowest BCUT2D eigenvalue weighted by molar-refractivity contribution is 0.0959. The maximum atomic E-state index is 12.4. The smallest absolute Gasteiger partial charge is 0.261 e. The van der Waals surface area contributed by atoms with Crippen LogP contribution in [0.15, 0.2) is 6.33 Å². The average Bonchev–Trinajstić information content (AvgIpc) is 3.21. The van der Waals surface area contributed by atoms with Gasteiger partial charge < -0.3 is 15.4 Å². The molecule has 3 rings (SSSR count). The summed E-state index contributed by atoms with van der Waals surface area (Å²) in [6.45, 7) is 4.20. The standard InChI is InChI=1S/C16H22N4O2S2/c1-10-12-14(18-8-11-4-3-6-22-11)19-9-20-16(12)24-13(10)15(21)17-5-7-23-2/h9,11H,3-8H2,1-2H3,(H,17,21)(H,18,19,20). The SMILES string of the molecule is CSCCNC(=O)c1sc2ncnc(NCC3CCCO3)c2c1C. The molecule has 0 aliphatic carbocycles. The first kappa shape index (κ1) is 17.4. The normalized spacial score (nSPS) is 17.3. The van der Waals surface area contributed by atoms with Gasteiger partial charge in [0.05, 0.1) is 16.4 Å². The molecule has 6 nitrogen and oxygen atoms in total. The molecule has 0 saturated carbocycles. The van der Waals surface area contributed by atoms with E-state index in [1.807, 2.05) is 13.2 Å². The van der Waals surface area contributed by atoms with Crippen molar-refractivity contribution in [3.63, 3.8) is 0 Å². The van der Waals surface area contributed by atoms with E-state index in [9.17, 15) is 4.79 Å². The van der Waals surface area contributed by atoms with Crippen molar-refractivity contribution in [2.24, 2.45) is 0 Å². The van der Waals surface area contributed by atoms with E-state index in [0.717, 1.165) is 53.3 Å². The molecule has 1 saturated heterocycles. The third-order valence-electron chi connectivity index (χ3n) is 4.05. The van der Waals surface area contributed by atoms with Crippen LogP contribution in [0.2, 0.25) is 0 Å². The second kappa shape index (κ2) is 8.13. The molecule has 0 aromatic carbocycles. The molecule has 1 aliphatic heterocycles. The molecule has 2 N–H and O–H groups in total. The van der Waals surface area contributed by atoms with Crippen LogP contribution in [0.25, 0.3) is 10.2 Å². The number of carbonyl (C=O) groups is 1. The highest BCUT2D eigenvalue weighted by Gasteiger charge is 2.20. The summed E-state index contributed by atoms with van der Waals surface area (Å²) in [5, 5.41) is 7.27. The fraction of sp³-hybridized carbons (Fsp3) is 0.562. The summed E-state index contributed by atoms with van der Waals surface area (Å²) in [5.74, 6) is 1.66. The summed E-state index contributed by atoms with van der Waals surface area (Å²) < 4.78 is 5.65. The number of hydrogen-bond donors (Lipinski definition) is 2. The van der Waals surface area contributed by atoms with Gasteiger partial charge in [-0.3, -0.25) is 4.79 Å². The number of rotatable bonds is 7. The van der Waals surface area contributed by atoms with Crippen LogP contribution >= 0.6 is 23.1 Å². The number of fused-ring (bicyclic) bond motifs is 1. The summed E-state index contributed by atoms with van der Waals surface area (Å²) in [4.78, 5) is 22.6. The predicted octanol–water partition coefficient (Wildman–Crippen LogP) is 2.68. The third kappa shape index (κ3) is 3.81. The molecule has 1 aliphatic rings. The fourth-order valence-electron chi connectivity index (χ4n) is 2.78. The molecule has 24 heavy (non-hydrogen) atoms. The van der Waals surface area contributed by atoms with E-state index in [1.165, 1.54) is 11.3 Å². The van der Waals surface area contributed by atoms with E-state index in [1.54, 1.807) is 18.1 Å². The van der Waals surface area contributed by atoms with Crippen LogP contribution < -0.4 is 10.6 Å². The van der Waals surface area contributed by atoms with Crippen LogP contribution in [-0.4, -0.2) is 53.7 Å². The van der Waals surface area contributed by atoms with Gasteiger partial charge in [0, 0.05) is 25.4 Å². The van der Waals surface area contributed by atoms with Gasteiger partial charge in [-0.2, -0.15) is 11.8 Å². The van der Waals surface area contributed by atoms with Gasteiger partial charge in [-0.25, -0.2) is 9.97 Å². The molecule has 1 unspecified atom stereocenters. The van der Waals surface area contributed by atoms with Gasteiger partial charge in [-0.05, 0) is 31.6 Å². The summed E-state index contributed by atoms with van der Waals surface area (Å²) in [7, 11) is 0. The van der Waals surface area contributed by atoms with Gasteiger partial charge in [0.1, 0.15) is 17.0 Å². The van der Waals surface area contributed by atoms with Crippen molar-refractivity contribution in [2.45, 2.75) is 25.9 Å². The first-order valence-corrected chi connectivity index (χ1v) is 10.3. The van der Waals surface area contributed by atoms with Crippen molar-refractivity contribution in [1.29, 1.82) is 0 Å². The summed E-state index contributed by atoms with van der Waals surface area (Å²) in [5.41, 5.74) is 0.937. The van der Waals surface area contributed by atoms with E-state index in [2.05, 4.69) is 20.6 Å². The molecule has 130 valence electrons. The Morgan fingerprint density at radius 3 is 3.12 bits per heavy atom. The molecule has 3 heterocycles. The van der Waals surface area contributed by atoms with Crippen LogP contribution in [0.3, 0.4) is 0 Å². The fourth-order valence-corrected chi connectivity index (χ4v) is 4.16. The molecular weight excluding hydrogens is 344 g/mol.